The van der Waals surface area contributed by atoms with Crippen LogP contribution in [0.5, 0.6) is 0 Å². The SMILES string of the molecule is CCS(=O)(=O)CCC(=O)C1(CN)CCCCCC1. The van der Waals surface area contributed by atoms with Gasteiger partial charge < -0.3 is 5.73 Å². The molecule has 0 amide bonds. The molecule has 5 heteroatoms. The van der Waals surface area contributed by atoms with E-state index in [9.17, 15) is 13.2 Å². The van der Waals surface area contributed by atoms with Crippen LogP contribution in [0.3, 0.4) is 0 Å². The number of rotatable bonds is 6. The van der Waals surface area contributed by atoms with Gasteiger partial charge in [0, 0.05) is 24.1 Å². The molecular formula is C13H25NO3S. The van der Waals surface area contributed by atoms with E-state index in [1.807, 2.05) is 0 Å². The Hall–Kier alpha value is -0.420. The van der Waals surface area contributed by atoms with Crippen LogP contribution in [0.25, 0.3) is 0 Å². The fraction of sp³-hybridized carbons (Fsp3) is 0.923. The average molecular weight is 275 g/mol. The minimum atomic E-state index is -3.06. The van der Waals surface area contributed by atoms with Crippen LogP contribution in [0.2, 0.25) is 0 Å². The minimum Gasteiger partial charge on any atom is -0.329 e. The molecule has 0 unspecified atom stereocenters. The molecule has 0 bridgehead atoms. The lowest BCUT2D eigenvalue weighted by molar-refractivity contribution is -0.128. The van der Waals surface area contributed by atoms with Crippen molar-refractivity contribution in [3.63, 3.8) is 0 Å². The normalized spacial score (nSPS) is 20.3. The third-order valence-electron chi connectivity index (χ3n) is 4.12. The molecule has 1 aliphatic carbocycles. The molecule has 0 heterocycles. The van der Waals surface area contributed by atoms with Crippen molar-refractivity contribution in [3.05, 3.63) is 0 Å². The molecule has 0 aliphatic heterocycles. The molecule has 0 aromatic carbocycles. The maximum absolute atomic E-state index is 12.3. The molecule has 0 spiro atoms. The monoisotopic (exact) mass is 275 g/mol. The number of hydrogen-bond acceptors (Lipinski definition) is 4. The summed E-state index contributed by atoms with van der Waals surface area (Å²) in [5, 5.41) is 0. The summed E-state index contributed by atoms with van der Waals surface area (Å²) >= 11 is 0. The van der Waals surface area contributed by atoms with Crippen molar-refractivity contribution in [2.45, 2.75) is 51.9 Å². The zero-order chi connectivity index (χ0) is 13.6. The van der Waals surface area contributed by atoms with Gasteiger partial charge in [-0.2, -0.15) is 0 Å². The van der Waals surface area contributed by atoms with Gasteiger partial charge in [-0.3, -0.25) is 4.79 Å². The Kier molecular flexibility index (Phi) is 5.79. The first-order chi connectivity index (χ1) is 8.46. The van der Waals surface area contributed by atoms with E-state index in [4.69, 9.17) is 5.73 Å². The molecule has 4 nitrogen and oxygen atoms in total. The van der Waals surface area contributed by atoms with Gasteiger partial charge in [-0.15, -0.1) is 0 Å². The zero-order valence-corrected chi connectivity index (χ0v) is 12.1. The fourth-order valence-electron chi connectivity index (χ4n) is 2.66. The van der Waals surface area contributed by atoms with E-state index in [-0.39, 0.29) is 23.7 Å². The average Bonchev–Trinajstić information content (AvgIpc) is 2.62. The lowest BCUT2D eigenvalue weighted by atomic mass is 9.76. The topological polar surface area (TPSA) is 77.2 Å². The second-order valence-corrected chi connectivity index (χ2v) is 7.78. The maximum atomic E-state index is 12.3. The molecule has 106 valence electrons. The van der Waals surface area contributed by atoms with Crippen LogP contribution >= 0.6 is 0 Å². The van der Waals surface area contributed by atoms with E-state index >= 15 is 0 Å². The first kappa shape index (κ1) is 15.6. The van der Waals surface area contributed by atoms with Gasteiger partial charge in [-0.25, -0.2) is 8.42 Å². The van der Waals surface area contributed by atoms with Crippen molar-refractivity contribution in [2.75, 3.05) is 18.1 Å². The molecule has 1 aliphatic rings. The van der Waals surface area contributed by atoms with Crippen LogP contribution in [0.4, 0.5) is 0 Å². The summed E-state index contributed by atoms with van der Waals surface area (Å²) in [6, 6.07) is 0. The summed E-state index contributed by atoms with van der Waals surface area (Å²) in [7, 11) is -3.06. The van der Waals surface area contributed by atoms with Crippen LogP contribution in [0, 0.1) is 5.41 Å². The number of carbonyl (C=O) groups is 1. The van der Waals surface area contributed by atoms with Crippen molar-refractivity contribution in [1.29, 1.82) is 0 Å². The van der Waals surface area contributed by atoms with Crippen LogP contribution in [0.15, 0.2) is 0 Å². The van der Waals surface area contributed by atoms with E-state index in [0.717, 1.165) is 38.5 Å². The molecule has 0 aromatic rings. The van der Waals surface area contributed by atoms with Crippen LogP contribution in [-0.4, -0.2) is 32.3 Å². The van der Waals surface area contributed by atoms with Gasteiger partial charge >= 0.3 is 0 Å². The molecule has 0 atom stereocenters. The van der Waals surface area contributed by atoms with E-state index in [0.29, 0.717) is 6.54 Å². The van der Waals surface area contributed by atoms with Gasteiger partial charge in [0.05, 0.1) is 5.75 Å². The van der Waals surface area contributed by atoms with E-state index < -0.39 is 15.3 Å². The van der Waals surface area contributed by atoms with Gasteiger partial charge in [0.25, 0.3) is 0 Å². The first-order valence-electron chi connectivity index (χ1n) is 6.89. The first-order valence-corrected chi connectivity index (χ1v) is 8.72. The Morgan fingerprint density at radius 1 is 1.17 bits per heavy atom. The number of ketones is 1. The molecule has 1 rings (SSSR count). The number of hydrogen-bond donors (Lipinski definition) is 1. The highest BCUT2D eigenvalue weighted by atomic mass is 32.2. The van der Waals surface area contributed by atoms with Gasteiger partial charge in [0.1, 0.15) is 15.6 Å². The molecule has 1 saturated carbocycles. The Labute approximate surface area is 110 Å². The highest BCUT2D eigenvalue weighted by molar-refractivity contribution is 7.91. The molecule has 0 radical (unpaired) electrons. The van der Waals surface area contributed by atoms with Crippen molar-refractivity contribution < 1.29 is 13.2 Å². The second kappa shape index (κ2) is 6.66. The molecule has 0 aromatic heterocycles. The van der Waals surface area contributed by atoms with Crippen molar-refractivity contribution in [1.82, 2.24) is 0 Å². The molecule has 2 N–H and O–H groups in total. The molecule has 0 saturated heterocycles. The molecule has 18 heavy (non-hydrogen) atoms. The Morgan fingerprint density at radius 3 is 2.17 bits per heavy atom. The van der Waals surface area contributed by atoms with Crippen LogP contribution in [-0.2, 0) is 14.6 Å². The number of Topliss-reactive ketones (excluding diaryl/α,β-unsaturated/α-hetero) is 1. The zero-order valence-electron chi connectivity index (χ0n) is 11.3. The van der Waals surface area contributed by atoms with Crippen LogP contribution in [0.1, 0.15) is 51.9 Å². The largest absolute Gasteiger partial charge is 0.329 e. The smallest absolute Gasteiger partial charge is 0.150 e. The summed E-state index contributed by atoms with van der Waals surface area (Å²) < 4.78 is 22.9. The predicted molar refractivity (Wildman–Crippen MR) is 73.1 cm³/mol. The summed E-state index contributed by atoms with van der Waals surface area (Å²) in [6.07, 6.45) is 6.16. The fourth-order valence-corrected chi connectivity index (χ4v) is 3.44. The Balaban J connectivity index is 2.66. The maximum Gasteiger partial charge on any atom is 0.150 e. The molecule has 1 fully saturated rings. The van der Waals surface area contributed by atoms with E-state index in [2.05, 4.69) is 0 Å². The van der Waals surface area contributed by atoms with Gasteiger partial charge in [0.15, 0.2) is 0 Å². The number of nitrogens with two attached hydrogens (primary N) is 1. The number of carbonyl (C=O) groups excluding carboxylic acids is 1. The minimum absolute atomic E-state index is 0.0237. The third kappa shape index (κ3) is 4.05. The standard InChI is InChI=1S/C13H25NO3S/c1-2-18(16,17)10-7-12(15)13(11-14)8-5-3-4-6-9-13/h2-11,14H2,1H3. The van der Waals surface area contributed by atoms with Gasteiger partial charge in [-0.05, 0) is 12.8 Å². The summed E-state index contributed by atoms with van der Waals surface area (Å²) in [6.45, 7) is 1.97. The van der Waals surface area contributed by atoms with E-state index in [1.54, 1.807) is 6.92 Å². The predicted octanol–water partition coefficient (Wildman–Crippen LogP) is 1.68. The van der Waals surface area contributed by atoms with Gasteiger partial charge in [0.2, 0.25) is 0 Å². The quantitative estimate of drug-likeness (QED) is 0.748. The van der Waals surface area contributed by atoms with Crippen molar-refractivity contribution >= 4 is 15.6 Å². The van der Waals surface area contributed by atoms with Crippen molar-refractivity contribution in [2.24, 2.45) is 11.1 Å². The van der Waals surface area contributed by atoms with E-state index in [1.165, 1.54) is 0 Å². The van der Waals surface area contributed by atoms with Crippen molar-refractivity contribution in [3.8, 4) is 0 Å². The molecular weight excluding hydrogens is 250 g/mol. The Morgan fingerprint density at radius 2 is 1.72 bits per heavy atom. The summed E-state index contributed by atoms with van der Waals surface area (Å²) in [5.41, 5.74) is 5.37. The highest BCUT2D eigenvalue weighted by Crippen LogP contribution is 2.36. The second-order valence-electron chi connectivity index (χ2n) is 5.31. The Bertz CT molecular complexity index is 368. The lowest BCUT2D eigenvalue weighted by Gasteiger charge is -2.29. The highest BCUT2D eigenvalue weighted by Gasteiger charge is 2.36. The third-order valence-corrected chi connectivity index (χ3v) is 5.83. The van der Waals surface area contributed by atoms with Crippen LogP contribution < -0.4 is 5.73 Å². The summed E-state index contributed by atoms with van der Waals surface area (Å²) in [4.78, 5) is 12.3. The summed E-state index contributed by atoms with van der Waals surface area (Å²) in [5.74, 6) is 0.143. The lowest BCUT2D eigenvalue weighted by Crippen LogP contribution is -2.39. The van der Waals surface area contributed by atoms with Gasteiger partial charge in [-0.1, -0.05) is 32.6 Å². The number of sulfone groups is 1.